The van der Waals surface area contributed by atoms with Gasteiger partial charge in [0.25, 0.3) is 0 Å². The van der Waals surface area contributed by atoms with Crippen molar-refractivity contribution in [2.24, 2.45) is 5.92 Å². The van der Waals surface area contributed by atoms with Gasteiger partial charge in [-0.05, 0) is 96.0 Å². The van der Waals surface area contributed by atoms with Gasteiger partial charge in [-0.2, -0.15) is 0 Å². The molecule has 3 atom stereocenters. The molecule has 0 fully saturated rings. The van der Waals surface area contributed by atoms with Crippen molar-refractivity contribution in [3.63, 3.8) is 0 Å². The van der Waals surface area contributed by atoms with Crippen LogP contribution in [0.5, 0.6) is 0 Å². The summed E-state index contributed by atoms with van der Waals surface area (Å²) in [5, 5.41) is 3.32. The molecule has 264 valence electrons. The molecule has 1 aliphatic heterocycles. The maximum atomic E-state index is 7.00. The third-order valence-corrected chi connectivity index (χ3v) is 12.7. The van der Waals surface area contributed by atoms with Crippen molar-refractivity contribution >= 4 is 62.7 Å². The summed E-state index contributed by atoms with van der Waals surface area (Å²) >= 11 is 0. The number of anilines is 2. The molecule has 0 amide bonds. The van der Waals surface area contributed by atoms with E-state index in [1.54, 1.807) is 0 Å². The lowest BCUT2D eigenvalue weighted by atomic mass is 9.63. The monoisotopic (exact) mass is 711 g/mol. The van der Waals surface area contributed by atoms with E-state index < -0.39 is 5.41 Å². The molecular weight excluding hydrogens is 675 g/mol. The fourth-order valence-electron chi connectivity index (χ4n) is 10.1. The Labute approximate surface area is 319 Å². The van der Waals surface area contributed by atoms with Crippen molar-refractivity contribution in [1.82, 2.24) is 9.97 Å². The van der Waals surface area contributed by atoms with Gasteiger partial charge in [-0.15, -0.1) is 0 Å². The Bertz CT molecular complexity index is 3030. The third kappa shape index (κ3) is 4.29. The van der Waals surface area contributed by atoms with Gasteiger partial charge in [-0.3, -0.25) is 4.90 Å². The van der Waals surface area contributed by atoms with Crippen molar-refractivity contribution in [3.8, 4) is 11.3 Å². The maximum Gasteiger partial charge on any atom is 0.231 e. The number of hydrogen-bond donors (Lipinski definition) is 0. The van der Waals surface area contributed by atoms with Crippen LogP contribution >= 0.6 is 0 Å². The van der Waals surface area contributed by atoms with Crippen molar-refractivity contribution in [1.29, 1.82) is 0 Å². The Morgan fingerprint density at radius 2 is 1.49 bits per heavy atom. The average Bonchev–Trinajstić information content (AvgIpc) is 3.87. The molecule has 5 heteroatoms. The summed E-state index contributed by atoms with van der Waals surface area (Å²) in [4.78, 5) is 13.3. The Morgan fingerprint density at radius 3 is 2.36 bits per heavy atom. The Kier molecular flexibility index (Phi) is 6.35. The van der Waals surface area contributed by atoms with E-state index in [4.69, 9.17) is 18.8 Å². The molecule has 3 aliphatic carbocycles. The minimum absolute atomic E-state index is 0.235. The molecule has 0 N–H and O–H groups in total. The summed E-state index contributed by atoms with van der Waals surface area (Å²) in [6, 6.07) is 40.7. The van der Waals surface area contributed by atoms with Gasteiger partial charge in [-0.1, -0.05) is 104 Å². The van der Waals surface area contributed by atoms with E-state index in [2.05, 4.69) is 158 Å². The van der Waals surface area contributed by atoms with Crippen molar-refractivity contribution in [2.45, 2.75) is 44.6 Å². The zero-order chi connectivity index (χ0) is 36.4. The first-order chi connectivity index (χ1) is 27.0. The van der Waals surface area contributed by atoms with Crippen LogP contribution in [-0.4, -0.2) is 9.97 Å². The number of hydrogen-bond acceptors (Lipinski definition) is 5. The van der Waals surface area contributed by atoms with Gasteiger partial charge in [0.05, 0.1) is 11.2 Å². The summed E-state index contributed by atoms with van der Waals surface area (Å²) in [5.74, 6) is 2.91. The fraction of sp³-hybridized carbons (Fsp3) is 0.160. The molecule has 5 nitrogen and oxygen atoms in total. The second-order valence-electron chi connectivity index (χ2n) is 15.8. The zero-order valence-corrected chi connectivity index (χ0v) is 30.7. The van der Waals surface area contributed by atoms with Crippen LogP contribution in [-0.2, 0) is 18.3 Å². The predicted molar refractivity (Wildman–Crippen MR) is 222 cm³/mol. The molecule has 0 bridgehead atoms. The maximum absolute atomic E-state index is 7.00. The van der Waals surface area contributed by atoms with Gasteiger partial charge in [0.2, 0.25) is 5.95 Å². The van der Waals surface area contributed by atoms with E-state index in [0.717, 1.165) is 86.1 Å². The molecule has 4 heterocycles. The van der Waals surface area contributed by atoms with Crippen LogP contribution in [0, 0.1) is 5.92 Å². The number of para-hydroxylation sites is 4. The summed E-state index contributed by atoms with van der Waals surface area (Å²) in [5.41, 5.74) is 14.2. The molecule has 55 heavy (non-hydrogen) atoms. The molecule has 0 radical (unpaired) electrons. The number of nitrogens with zero attached hydrogens (tertiary/aromatic N) is 3. The number of aromatic nitrogens is 2. The van der Waals surface area contributed by atoms with Gasteiger partial charge >= 0.3 is 0 Å². The van der Waals surface area contributed by atoms with E-state index >= 15 is 0 Å². The molecule has 8 aromatic rings. The minimum Gasteiger partial charge on any atom is -0.460 e. The molecule has 0 spiro atoms. The topological polar surface area (TPSA) is 55.3 Å². The lowest BCUT2D eigenvalue weighted by Gasteiger charge is -2.42. The largest absolute Gasteiger partial charge is 0.460 e. The van der Waals surface area contributed by atoms with Crippen LogP contribution in [0.2, 0.25) is 0 Å². The second-order valence-corrected chi connectivity index (χ2v) is 15.8. The van der Waals surface area contributed by atoms with Crippen molar-refractivity contribution < 1.29 is 8.83 Å². The Morgan fingerprint density at radius 1 is 0.745 bits per heavy atom. The van der Waals surface area contributed by atoms with Gasteiger partial charge in [0, 0.05) is 50.4 Å². The Balaban J connectivity index is 1.12. The van der Waals surface area contributed by atoms with E-state index in [9.17, 15) is 0 Å². The first-order valence-corrected chi connectivity index (χ1v) is 19.5. The number of allylic oxidation sites excluding steroid dienone is 2. The summed E-state index contributed by atoms with van der Waals surface area (Å²) < 4.78 is 13.4. The fourth-order valence-corrected chi connectivity index (χ4v) is 10.1. The highest BCUT2D eigenvalue weighted by Gasteiger charge is 2.57. The molecule has 4 aliphatic rings. The van der Waals surface area contributed by atoms with Gasteiger partial charge in [-0.25, -0.2) is 9.97 Å². The normalized spacial score (nSPS) is 20.9. The zero-order valence-electron chi connectivity index (χ0n) is 30.7. The molecule has 12 rings (SSSR count). The molecule has 0 saturated carbocycles. The van der Waals surface area contributed by atoms with Gasteiger partial charge in [0.1, 0.15) is 28.7 Å². The molecule has 0 saturated heterocycles. The number of fused-ring (bicyclic) bond motifs is 12. The first-order valence-electron chi connectivity index (χ1n) is 19.5. The highest BCUT2D eigenvalue weighted by molar-refractivity contribution is 5.98. The number of benzene rings is 5. The van der Waals surface area contributed by atoms with Crippen LogP contribution in [0.4, 0.5) is 11.6 Å². The summed E-state index contributed by atoms with van der Waals surface area (Å²) in [6.45, 7) is 4.75. The summed E-state index contributed by atoms with van der Waals surface area (Å²) in [7, 11) is 0. The predicted octanol–water partition coefficient (Wildman–Crippen LogP) is 12.6. The molecule has 5 aromatic carbocycles. The minimum atomic E-state index is -0.500. The highest BCUT2D eigenvalue weighted by atomic mass is 16.3. The smallest absolute Gasteiger partial charge is 0.231 e. The van der Waals surface area contributed by atoms with Crippen LogP contribution in [0.25, 0.3) is 62.3 Å². The van der Waals surface area contributed by atoms with Crippen LogP contribution in [0.15, 0.2) is 141 Å². The van der Waals surface area contributed by atoms with E-state index in [1.807, 2.05) is 0 Å². The first kappa shape index (κ1) is 30.9. The highest BCUT2D eigenvalue weighted by Crippen LogP contribution is 2.64. The molecule has 3 aromatic heterocycles. The Hall–Kier alpha value is -6.46. The average molecular weight is 712 g/mol. The van der Waals surface area contributed by atoms with E-state index in [0.29, 0.717) is 5.95 Å². The third-order valence-electron chi connectivity index (χ3n) is 12.7. The standard InChI is InChI=1S/C50H37N3O2/c1-29-25-45-37(33-15-6-11-21-43(33)54-45)27-36(29)40-28-38-34-16-7-12-22-44(34)55-47(38)48-50(40,2)39-18-8-10-20-42(39)53(48)49-51-41-19-9-5-17-35(41)46(52-49)32-24-23-30-13-3-4-14-31(30)26-32/h4-12,14-24,26-29,48H,3,13,25H2,1-2H3. The molecular formula is C50H37N3O2. The van der Waals surface area contributed by atoms with Gasteiger partial charge in [0.15, 0.2) is 0 Å². The SMILES string of the molecule is CC1Cc2oc3ccccc3c2C=C1C1=Cc2c(oc3ccccc23)C2N(c3nc(-c4ccc5c(c4)C=CCC5)c4ccccc4n3)c3ccccc3C12C. The lowest BCUT2D eigenvalue weighted by Crippen LogP contribution is -2.39. The van der Waals surface area contributed by atoms with E-state index in [-0.39, 0.29) is 12.0 Å². The lowest BCUT2D eigenvalue weighted by molar-refractivity contribution is 0.389. The van der Waals surface area contributed by atoms with Crippen LogP contribution in [0.3, 0.4) is 0 Å². The summed E-state index contributed by atoms with van der Waals surface area (Å²) in [6.07, 6.45) is 12.4. The number of furan rings is 2. The van der Waals surface area contributed by atoms with Crippen molar-refractivity contribution in [2.75, 3.05) is 4.90 Å². The van der Waals surface area contributed by atoms with Crippen molar-refractivity contribution in [3.05, 3.63) is 172 Å². The second kappa shape index (κ2) is 11.3. The number of rotatable bonds is 3. The van der Waals surface area contributed by atoms with Gasteiger partial charge < -0.3 is 8.83 Å². The van der Waals surface area contributed by atoms with E-state index in [1.165, 1.54) is 33.4 Å². The molecule has 3 unspecified atom stereocenters. The van der Waals surface area contributed by atoms with Crippen LogP contribution in [0.1, 0.15) is 65.6 Å². The number of aryl methyl sites for hydroxylation is 1. The quantitative estimate of drug-likeness (QED) is 0.183. The van der Waals surface area contributed by atoms with Crippen LogP contribution < -0.4 is 4.90 Å².